The molecule has 0 saturated heterocycles. The minimum Gasteiger partial charge on any atom is -0.475 e. The van der Waals surface area contributed by atoms with Crippen LogP contribution in [0.1, 0.15) is 25.0 Å². The maximum atomic E-state index is 14.0. The van der Waals surface area contributed by atoms with Gasteiger partial charge in [0.2, 0.25) is 5.91 Å². The number of ketones is 1. The SMILES string of the molecule is CC(C)[C@H]1C(=O)N(CC(=O)N[C@@H](Cc2ccccc2)C(=O)C(=O)O)C(c2ccccc2)=CN1S(=O)(=O)c1ccccc1. The third-order valence-corrected chi connectivity index (χ3v) is 8.56. The van der Waals surface area contributed by atoms with Gasteiger partial charge in [-0.05, 0) is 29.2 Å². The molecule has 2 N–H and O–H groups in total. The van der Waals surface area contributed by atoms with Crippen LogP contribution in [0.2, 0.25) is 0 Å². The van der Waals surface area contributed by atoms with E-state index >= 15 is 0 Å². The Bertz CT molecular complexity index is 1590. The minimum absolute atomic E-state index is 0.00856. The summed E-state index contributed by atoms with van der Waals surface area (Å²) in [7, 11) is -4.16. The normalized spacial score (nSPS) is 16.1. The van der Waals surface area contributed by atoms with Crippen molar-refractivity contribution in [1.29, 1.82) is 0 Å². The maximum Gasteiger partial charge on any atom is 0.374 e. The van der Waals surface area contributed by atoms with E-state index < -0.39 is 58.1 Å². The van der Waals surface area contributed by atoms with Crippen LogP contribution in [0.3, 0.4) is 0 Å². The molecule has 11 heteroatoms. The molecule has 0 radical (unpaired) electrons. The highest BCUT2D eigenvalue weighted by atomic mass is 32.2. The number of carboxylic acid groups (broad SMARTS) is 1. The van der Waals surface area contributed by atoms with Crippen LogP contribution >= 0.6 is 0 Å². The number of carboxylic acids is 1. The fraction of sp³-hybridized carbons (Fsp3) is 0.226. The Labute approximate surface area is 244 Å². The molecule has 218 valence electrons. The van der Waals surface area contributed by atoms with Crippen molar-refractivity contribution in [1.82, 2.24) is 14.5 Å². The number of amides is 2. The van der Waals surface area contributed by atoms with Crippen molar-refractivity contribution < 1.29 is 32.7 Å². The largest absolute Gasteiger partial charge is 0.475 e. The van der Waals surface area contributed by atoms with Crippen molar-refractivity contribution in [3.63, 3.8) is 0 Å². The summed E-state index contributed by atoms with van der Waals surface area (Å²) in [5.41, 5.74) is 1.28. The Balaban J connectivity index is 1.72. The molecule has 4 rings (SSSR count). The number of carbonyl (C=O) groups is 4. The van der Waals surface area contributed by atoms with E-state index in [9.17, 15) is 32.7 Å². The first kappa shape index (κ1) is 30.2. The van der Waals surface area contributed by atoms with Crippen LogP contribution in [0, 0.1) is 5.92 Å². The first-order chi connectivity index (χ1) is 20.0. The predicted octanol–water partition coefficient (Wildman–Crippen LogP) is 2.92. The van der Waals surface area contributed by atoms with Crippen LogP contribution in [0.5, 0.6) is 0 Å². The second-order valence-electron chi connectivity index (χ2n) is 10.1. The molecule has 2 atom stereocenters. The molecule has 0 aliphatic carbocycles. The molecule has 0 unspecified atom stereocenters. The van der Waals surface area contributed by atoms with Gasteiger partial charge in [0.25, 0.3) is 21.7 Å². The Hall–Kier alpha value is -4.77. The van der Waals surface area contributed by atoms with Crippen LogP contribution < -0.4 is 5.32 Å². The lowest BCUT2D eigenvalue weighted by Gasteiger charge is -2.41. The second-order valence-corrected chi connectivity index (χ2v) is 12.0. The van der Waals surface area contributed by atoms with Crippen LogP contribution in [-0.2, 0) is 35.6 Å². The average Bonchev–Trinajstić information content (AvgIpc) is 2.98. The zero-order chi connectivity index (χ0) is 30.4. The number of Topliss-reactive ketones (excluding diaryl/α,β-unsaturated/α-hetero) is 1. The van der Waals surface area contributed by atoms with Crippen LogP contribution in [0.15, 0.2) is 102 Å². The van der Waals surface area contributed by atoms with Gasteiger partial charge in [-0.15, -0.1) is 0 Å². The highest BCUT2D eigenvalue weighted by Gasteiger charge is 2.44. The van der Waals surface area contributed by atoms with Crippen molar-refractivity contribution in [3.8, 4) is 0 Å². The fourth-order valence-corrected chi connectivity index (χ4v) is 6.38. The van der Waals surface area contributed by atoms with Gasteiger partial charge in [-0.2, -0.15) is 0 Å². The Kier molecular flexibility index (Phi) is 9.21. The van der Waals surface area contributed by atoms with Crippen LogP contribution in [-0.4, -0.2) is 64.9 Å². The third kappa shape index (κ3) is 6.58. The molecule has 42 heavy (non-hydrogen) atoms. The highest BCUT2D eigenvalue weighted by molar-refractivity contribution is 7.89. The van der Waals surface area contributed by atoms with E-state index in [4.69, 9.17) is 0 Å². The van der Waals surface area contributed by atoms with E-state index in [-0.39, 0.29) is 17.0 Å². The lowest BCUT2D eigenvalue weighted by atomic mass is 9.99. The van der Waals surface area contributed by atoms with Crippen molar-refractivity contribution in [2.45, 2.75) is 37.2 Å². The molecule has 3 aromatic carbocycles. The Morgan fingerprint density at radius 3 is 1.98 bits per heavy atom. The van der Waals surface area contributed by atoms with Gasteiger partial charge in [0.15, 0.2) is 0 Å². The van der Waals surface area contributed by atoms with E-state index in [1.807, 2.05) is 0 Å². The lowest BCUT2D eigenvalue weighted by Crippen LogP contribution is -2.57. The zero-order valence-corrected chi connectivity index (χ0v) is 23.9. The number of nitrogens with one attached hydrogen (secondary N) is 1. The number of carbonyl (C=O) groups excluding carboxylic acids is 3. The Morgan fingerprint density at radius 2 is 1.43 bits per heavy atom. The minimum atomic E-state index is -4.16. The smallest absolute Gasteiger partial charge is 0.374 e. The molecule has 0 spiro atoms. The van der Waals surface area contributed by atoms with E-state index in [2.05, 4.69) is 5.32 Å². The number of sulfonamides is 1. The molecular formula is C31H31N3O7S. The predicted molar refractivity (Wildman–Crippen MR) is 155 cm³/mol. The first-order valence-corrected chi connectivity index (χ1v) is 14.7. The van der Waals surface area contributed by atoms with E-state index in [1.54, 1.807) is 92.7 Å². The molecule has 1 heterocycles. The van der Waals surface area contributed by atoms with Crippen molar-refractivity contribution in [2.24, 2.45) is 5.92 Å². The topological polar surface area (TPSA) is 141 Å². The third-order valence-electron chi connectivity index (χ3n) is 6.80. The van der Waals surface area contributed by atoms with Crippen molar-refractivity contribution in [2.75, 3.05) is 6.54 Å². The number of nitrogens with zero attached hydrogens (tertiary/aromatic N) is 2. The first-order valence-electron chi connectivity index (χ1n) is 13.3. The second kappa shape index (κ2) is 12.8. The summed E-state index contributed by atoms with van der Waals surface area (Å²) in [6.45, 7) is 2.84. The van der Waals surface area contributed by atoms with Crippen LogP contribution in [0.4, 0.5) is 0 Å². The molecule has 2 amide bonds. The van der Waals surface area contributed by atoms with Gasteiger partial charge >= 0.3 is 5.97 Å². The summed E-state index contributed by atoms with van der Waals surface area (Å²) in [6, 6.07) is 22.4. The summed E-state index contributed by atoms with van der Waals surface area (Å²) in [5, 5.41) is 11.8. The van der Waals surface area contributed by atoms with E-state index in [0.29, 0.717) is 11.1 Å². The van der Waals surface area contributed by atoms with E-state index in [1.165, 1.54) is 23.2 Å². The number of hydrogen-bond acceptors (Lipinski definition) is 6. The number of rotatable bonds is 11. The van der Waals surface area contributed by atoms with E-state index in [0.717, 1.165) is 4.31 Å². The highest BCUT2D eigenvalue weighted by Crippen LogP contribution is 2.33. The summed E-state index contributed by atoms with van der Waals surface area (Å²) in [4.78, 5) is 52.5. The molecule has 0 saturated carbocycles. The van der Waals surface area contributed by atoms with Gasteiger partial charge in [-0.25, -0.2) is 13.2 Å². The van der Waals surface area contributed by atoms with Gasteiger partial charge in [-0.3, -0.25) is 23.6 Å². The van der Waals surface area contributed by atoms with Gasteiger partial charge < -0.3 is 10.4 Å². The number of benzene rings is 3. The summed E-state index contributed by atoms with van der Waals surface area (Å²) in [5.74, 6) is -4.78. The van der Waals surface area contributed by atoms with Crippen LogP contribution in [0.25, 0.3) is 5.70 Å². The average molecular weight is 590 g/mol. The van der Waals surface area contributed by atoms with Gasteiger partial charge in [0, 0.05) is 12.6 Å². The standard InChI is InChI=1S/C31H31N3O7S/c1-21(2)28-30(37)33(20-27(35)32-25(29(36)31(38)39)18-22-12-6-3-7-13-22)26(23-14-8-4-9-15-23)19-34(28)42(40,41)24-16-10-5-11-17-24/h3-17,19,21,25,28H,18,20H2,1-2H3,(H,32,35)(H,38,39)/t25-,28-/m0/s1. The monoisotopic (exact) mass is 589 g/mol. The summed E-state index contributed by atoms with van der Waals surface area (Å²) < 4.78 is 28.5. The maximum absolute atomic E-state index is 14.0. The lowest BCUT2D eigenvalue weighted by molar-refractivity contribution is -0.150. The molecule has 0 bridgehead atoms. The van der Waals surface area contributed by atoms with Gasteiger partial charge in [0.1, 0.15) is 18.6 Å². The fourth-order valence-electron chi connectivity index (χ4n) is 4.76. The molecule has 3 aromatic rings. The number of hydrogen-bond donors (Lipinski definition) is 2. The van der Waals surface area contributed by atoms with Crippen molar-refractivity contribution in [3.05, 3.63) is 108 Å². The number of aliphatic carboxylic acids is 1. The molecule has 1 aliphatic heterocycles. The quantitative estimate of drug-likeness (QED) is 0.328. The molecular weight excluding hydrogens is 558 g/mol. The Morgan fingerprint density at radius 1 is 0.881 bits per heavy atom. The molecule has 0 aromatic heterocycles. The molecule has 0 fully saturated rings. The molecule has 1 aliphatic rings. The molecule has 10 nitrogen and oxygen atoms in total. The van der Waals surface area contributed by atoms with Gasteiger partial charge in [-0.1, -0.05) is 92.7 Å². The van der Waals surface area contributed by atoms with Crippen molar-refractivity contribution >= 4 is 39.3 Å². The zero-order valence-electron chi connectivity index (χ0n) is 23.1. The summed E-state index contributed by atoms with van der Waals surface area (Å²) >= 11 is 0. The summed E-state index contributed by atoms with van der Waals surface area (Å²) in [6.07, 6.45) is 1.28. The van der Waals surface area contributed by atoms with Gasteiger partial charge in [0.05, 0.1) is 10.6 Å².